The summed E-state index contributed by atoms with van der Waals surface area (Å²) in [4.78, 5) is 0. The first-order valence-corrected chi connectivity index (χ1v) is 17.2. The topological polar surface area (TPSA) is 0 Å². The van der Waals surface area contributed by atoms with E-state index in [2.05, 4.69) is 14.2 Å². The van der Waals surface area contributed by atoms with E-state index >= 15 is 0 Å². The number of fused-ring (bicyclic) bond motifs is 42. The van der Waals surface area contributed by atoms with Crippen LogP contribution in [0.2, 0.25) is 12.1 Å². The summed E-state index contributed by atoms with van der Waals surface area (Å²) >= 11 is 0. The largest absolute Gasteiger partial charge is 0.114 e. The van der Waals surface area contributed by atoms with Crippen molar-refractivity contribution in [3.05, 3.63) is 0 Å². The Balaban J connectivity index is 0.730. The lowest BCUT2D eigenvalue weighted by atomic mass is 9.06. The fraction of sp³-hybridized carbons (Fsp3) is 1.00. The van der Waals surface area contributed by atoms with Gasteiger partial charge in [-0.15, -0.1) is 0 Å². The van der Waals surface area contributed by atoms with Crippen molar-refractivity contribution in [1.82, 2.24) is 0 Å². The Labute approximate surface area is 210 Å². The van der Waals surface area contributed by atoms with Gasteiger partial charge in [0, 0.05) is 0 Å². The maximum atomic E-state index is 2.82. The molecule has 0 nitrogen and oxygen atoms in total. The van der Waals surface area contributed by atoms with Crippen LogP contribution in [0.3, 0.4) is 0 Å². The van der Waals surface area contributed by atoms with Crippen molar-refractivity contribution >= 4 is 7.28 Å². The van der Waals surface area contributed by atoms with E-state index in [9.17, 15) is 0 Å². The van der Waals surface area contributed by atoms with Gasteiger partial charge in [0.25, 0.3) is 0 Å². The predicted molar refractivity (Wildman–Crippen MR) is 129 cm³/mol. The summed E-state index contributed by atoms with van der Waals surface area (Å²) in [5.41, 5.74) is 0. The van der Waals surface area contributed by atoms with Crippen molar-refractivity contribution in [1.29, 1.82) is 0 Å². The summed E-state index contributed by atoms with van der Waals surface area (Å²) in [5.74, 6) is 39.6. The lowest BCUT2D eigenvalue weighted by Crippen LogP contribution is -2.92. The van der Waals surface area contributed by atoms with E-state index in [4.69, 9.17) is 0 Å². The molecule has 35 heavy (non-hydrogen) atoms. The Bertz CT molecular complexity index is 1270. The molecule has 15 aliphatic carbocycles. The van der Waals surface area contributed by atoms with Gasteiger partial charge in [-0.1, -0.05) is 19.1 Å². The molecule has 1 saturated heterocycles. The van der Waals surface area contributed by atoms with Gasteiger partial charge in [0.2, 0.25) is 0 Å². The van der Waals surface area contributed by atoms with Crippen molar-refractivity contribution in [2.45, 2.75) is 25.5 Å². The Morgan fingerprint density at radius 3 is 1.03 bits per heavy atom. The van der Waals surface area contributed by atoms with Crippen molar-refractivity contribution in [3.63, 3.8) is 0 Å². The fourth-order valence-electron chi connectivity index (χ4n) is 21.4. The van der Waals surface area contributed by atoms with Crippen LogP contribution < -0.4 is 0 Å². The van der Waals surface area contributed by atoms with Crippen LogP contribution in [0.4, 0.5) is 0 Å². The van der Waals surface area contributed by atoms with Crippen LogP contribution in [0.15, 0.2) is 0 Å². The Morgan fingerprint density at radius 2 is 0.657 bits per heavy atom. The van der Waals surface area contributed by atoms with Gasteiger partial charge in [-0.2, -0.15) is 0 Å². The molecule has 0 aromatic carbocycles. The highest BCUT2D eigenvalue weighted by atomic mass is 15.0. The summed E-state index contributed by atoms with van der Waals surface area (Å²) in [6.07, 6.45) is 3.21. The smallest absolute Gasteiger partial charge is 0.0773 e. The van der Waals surface area contributed by atoms with Crippen molar-refractivity contribution < 1.29 is 0 Å². The predicted octanol–water partition coefficient (Wildman–Crippen LogP) is 5.01. The van der Waals surface area contributed by atoms with Crippen LogP contribution in [0.25, 0.3) is 0 Å². The third-order valence-electron chi connectivity index (χ3n) is 21.2. The molecule has 1 aliphatic heterocycles. The number of rotatable bonds is 0. The molecule has 1 heteroatoms. The molecule has 0 aromatic rings. The second-order valence-corrected chi connectivity index (χ2v) is 19.1. The lowest BCUT2D eigenvalue weighted by Gasteiger charge is -2.96. The van der Waals surface area contributed by atoms with E-state index in [-0.39, 0.29) is 0 Å². The van der Waals surface area contributed by atoms with Gasteiger partial charge in [-0.25, -0.2) is 0 Å². The molecule has 0 amide bonds. The van der Waals surface area contributed by atoms with Gasteiger partial charge < -0.3 is 0 Å². The van der Waals surface area contributed by atoms with Gasteiger partial charge in [0.1, 0.15) is 7.28 Å². The normalized spacial score (nSPS) is 97.6. The Hall–Kier alpha value is 0.0649. The van der Waals surface area contributed by atoms with E-state index < -0.39 is 0 Å². The Kier molecular flexibility index (Phi) is 1.87. The minimum absolute atomic E-state index is 1.14. The fourth-order valence-corrected chi connectivity index (χ4v) is 21.4. The van der Waals surface area contributed by atoms with Gasteiger partial charge in [0.15, 0.2) is 0 Å². The van der Waals surface area contributed by atoms with Crippen molar-refractivity contribution in [2.75, 3.05) is 0 Å². The van der Waals surface area contributed by atoms with Crippen molar-refractivity contribution in [2.24, 2.45) is 178 Å². The van der Waals surface area contributed by atoms with E-state index in [0.29, 0.717) is 0 Å². The standard InChI is InChI=1S/C34H38B/c1-4-8-13(20-15(8)22-17-10-5-2-6(5)11(10)18(17)24(20)22)14-9(4)16-21(14)26-23(16)27-28-25-19-12-7-3-35-34(7)33(12)32(19)31(25)30(28)29(26)27/h4-34H,2-3H2,1H3. The maximum Gasteiger partial charge on any atom is 0.114 e. The SMILES string of the molecule is CC1C2C(C3C1C1C3C3C1C1C4C5C6C7C8C[B]C8C7C6C5C4C31)C1C2C2C3C4C5CC5C4C3C12. The van der Waals surface area contributed by atoms with Crippen LogP contribution in [0.5, 0.6) is 0 Å². The zero-order valence-corrected chi connectivity index (χ0v) is 20.9. The molecule has 0 aromatic heterocycles. The molecule has 0 bridgehead atoms. The second-order valence-electron chi connectivity index (χ2n) is 19.1. The van der Waals surface area contributed by atoms with Crippen molar-refractivity contribution in [3.8, 4) is 0 Å². The van der Waals surface area contributed by atoms with Gasteiger partial charge in [-0.05, 0) is 184 Å². The van der Waals surface area contributed by atoms with Crippen LogP contribution >= 0.6 is 0 Å². The van der Waals surface area contributed by atoms with E-state index in [0.717, 1.165) is 11.7 Å². The molecule has 1 heterocycles. The van der Waals surface area contributed by atoms with E-state index in [1.807, 2.05) is 0 Å². The third kappa shape index (κ3) is 1.05. The molecule has 16 rings (SSSR count). The van der Waals surface area contributed by atoms with Gasteiger partial charge in [-0.3, -0.25) is 0 Å². The molecule has 31 unspecified atom stereocenters. The molecule has 177 valence electrons. The highest BCUT2D eigenvalue weighted by Crippen LogP contribution is 2.98. The highest BCUT2D eigenvalue weighted by molar-refractivity contribution is 6.43. The van der Waals surface area contributed by atoms with E-state index in [1.54, 1.807) is 6.42 Å². The molecule has 16 fully saturated rings. The van der Waals surface area contributed by atoms with Crippen LogP contribution in [-0.4, -0.2) is 7.28 Å². The minimum Gasteiger partial charge on any atom is -0.0773 e. The third-order valence-corrected chi connectivity index (χ3v) is 21.2. The number of hydrogen-bond acceptors (Lipinski definition) is 0. The molecular weight excluding hydrogens is 419 g/mol. The molecular formula is C34H38B. The monoisotopic (exact) mass is 457 g/mol. The average molecular weight is 457 g/mol. The molecule has 31 atom stereocenters. The second kappa shape index (κ2) is 4.04. The zero-order valence-electron chi connectivity index (χ0n) is 20.9. The van der Waals surface area contributed by atoms with E-state index in [1.165, 1.54) is 178 Å². The summed E-state index contributed by atoms with van der Waals surface area (Å²) < 4.78 is 0. The minimum atomic E-state index is 1.14. The average Bonchev–Trinajstić information content (AvgIpc) is 3.42. The first-order chi connectivity index (χ1) is 17.4. The first-order valence-electron chi connectivity index (χ1n) is 17.2. The van der Waals surface area contributed by atoms with Gasteiger partial charge >= 0.3 is 0 Å². The quantitative estimate of drug-likeness (QED) is 0.354. The molecule has 0 spiro atoms. The van der Waals surface area contributed by atoms with Crippen LogP contribution in [-0.2, 0) is 0 Å². The molecule has 1 radical (unpaired) electrons. The first kappa shape index (κ1) is 16.2. The summed E-state index contributed by atoms with van der Waals surface area (Å²) in [7, 11) is 2.75. The molecule has 0 N–H and O–H groups in total. The summed E-state index contributed by atoms with van der Waals surface area (Å²) in [6, 6.07) is 0. The van der Waals surface area contributed by atoms with Crippen LogP contribution in [0.1, 0.15) is 13.3 Å². The molecule has 16 aliphatic rings. The maximum absolute atomic E-state index is 2.82. The highest BCUT2D eigenvalue weighted by Gasteiger charge is 2.95. The van der Waals surface area contributed by atoms with Crippen LogP contribution in [0, 0.1) is 178 Å². The Morgan fingerprint density at radius 1 is 0.343 bits per heavy atom. The summed E-state index contributed by atoms with van der Waals surface area (Å²) in [6.45, 7) is 2.82. The number of hydrogen-bond donors (Lipinski definition) is 0. The molecule has 15 saturated carbocycles. The lowest BCUT2D eigenvalue weighted by molar-refractivity contribution is -0.483. The van der Waals surface area contributed by atoms with Gasteiger partial charge in [0.05, 0.1) is 0 Å². The summed E-state index contributed by atoms with van der Waals surface area (Å²) in [5, 5.41) is 0. The zero-order chi connectivity index (χ0) is 21.0.